The Morgan fingerprint density at radius 2 is 1.78 bits per heavy atom. The van der Waals surface area contributed by atoms with Crippen LogP contribution in [0.4, 0.5) is 5.69 Å². The normalized spacial score (nSPS) is 11.0. The number of rotatable bonds is 4. The van der Waals surface area contributed by atoms with Crippen molar-refractivity contribution >= 4 is 40.9 Å². The zero-order valence-corrected chi connectivity index (χ0v) is 13.9. The molecule has 0 aromatic heterocycles. The van der Waals surface area contributed by atoms with Crippen LogP contribution in [-0.2, 0) is 11.2 Å². The Bertz CT molecular complexity index is 769. The Kier molecular flexibility index (Phi) is 5.81. The number of carbonyl (C=O) groups excluding carboxylic acids is 1. The van der Waals surface area contributed by atoms with E-state index in [9.17, 15) is 10.1 Å². The molecule has 2 aromatic carbocycles. The van der Waals surface area contributed by atoms with E-state index in [-0.39, 0.29) is 5.57 Å². The van der Waals surface area contributed by atoms with E-state index in [1.54, 1.807) is 30.3 Å². The van der Waals surface area contributed by atoms with Gasteiger partial charge in [-0.2, -0.15) is 5.26 Å². The number of nitrogens with one attached hydrogen (secondary N) is 1. The lowest BCUT2D eigenvalue weighted by Gasteiger charge is -2.06. The van der Waals surface area contributed by atoms with E-state index in [1.165, 1.54) is 11.6 Å². The minimum Gasteiger partial charge on any atom is -0.321 e. The third-order valence-electron chi connectivity index (χ3n) is 3.27. The Morgan fingerprint density at radius 3 is 2.30 bits per heavy atom. The molecule has 116 valence electrons. The van der Waals surface area contributed by atoms with Crippen LogP contribution in [0.1, 0.15) is 18.1 Å². The van der Waals surface area contributed by atoms with Crippen molar-refractivity contribution < 1.29 is 4.79 Å². The highest BCUT2D eigenvalue weighted by Gasteiger charge is 2.12. The van der Waals surface area contributed by atoms with Gasteiger partial charge in [-0.1, -0.05) is 48.3 Å². The molecule has 0 atom stereocenters. The van der Waals surface area contributed by atoms with Crippen molar-refractivity contribution in [1.29, 1.82) is 5.26 Å². The fraction of sp³-hybridized carbons (Fsp3) is 0.111. The molecular weight excluding hydrogens is 331 g/mol. The van der Waals surface area contributed by atoms with E-state index in [2.05, 4.69) is 12.2 Å². The van der Waals surface area contributed by atoms with E-state index in [0.29, 0.717) is 21.3 Å². The van der Waals surface area contributed by atoms with Crippen LogP contribution in [0.5, 0.6) is 0 Å². The molecule has 2 aromatic rings. The molecule has 0 saturated carbocycles. The van der Waals surface area contributed by atoms with Crippen LogP contribution in [0.15, 0.2) is 48.0 Å². The van der Waals surface area contributed by atoms with E-state index >= 15 is 0 Å². The fourth-order valence-corrected chi connectivity index (χ4v) is 2.47. The van der Waals surface area contributed by atoms with Gasteiger partial charge in [0.1, 0.15) is 11.6 Å². The first-order chi connectivity index (χ1) is 11.0. The summed E-state index contributed by atoms with van der Waals surface area (Å²) in [4.78, 5) is 12.2. The summed E-state index contributed by atoms with van der Waals surface area (Å²) in [5.74, 6) is -0.507. The summed E-state index contributed by atoms with van der Waals surface area (Å²) < 4.78 is 0. The average Bonchev–Trinajstić information content (AvgIpc) is 2.55. The van der Waals surface area contributed by atoms with E-state index < -0.39 is 5.91 Å². The molecule has 0 aliphatic heterocycles. The summed E-state index contributed by atoms with van der Waals surface area (Å²) in [5.41, 5.74) is 2.17. The van der Waals surface area contributed by atoms with Crippen LogP contribution < -0.4 is 5.32 Å². The molecular formula is C18H14Cl2N2O. The van der Waals surface area contributed by atoms with Gasteiger partial charge in [-0.25, -0.2) is 0 Å². The van der Waals surface area contributed by atoms with Crippen LogP contribution >= 0.6 is 23.2 Å². The van der Waals surface area contributed by atoms with Gasteiger partial charge in [0.2, 0.25) is 0 Å². The number of hydrogen-bond donors (Lipinski definition) is 1. The maximum Gasteiger partial charge on any atom is 0.266 e. The van der Waals surface area contributed by atoms with Crippen molar-refractivity contribution in [2.75, 3.05) is 5.32 Å². The molecule has 0 unspecified atom stereocenters. The molecule has 0 bridgehead atoms. The number of nitriles is 1. The largest absolute Gasteiger partial charge is 0.321 e. The number of aryl methyl sites for hydroxylation is 1. The Labute approximate surface area is 145 Å². The number of benzene rings is 2. The van der Waals surface area contributed by atoms with E-state index in [4.69, 9.17) is 23.2 Å². The van der Waals surface area contributed by atoms with Gasteiger partial charge in [0.25, 0.3) is 5.91 Å². The van der Waals surface area contributed by atoms with Crippen LogP contribution in [0, 0.1) is 11.3 Å². The van der Waals surface area contributed by atoms with Crippen LogP contribution in [0.25, 0.3) is 6.08 Å². The first kappa shape index (κ1) is 17.1. The molecule has 2 rings (SSSR count). The standard InChI is InChI=1S/C18H14Cl2N2O/c1-2-12-6-8-14(9-7-12)22-18(23)13(11-21)10-15-16(19)4-3-5-17(15)20/h3-10H,2H2,1H3,(H,22,23)/b13-10-. The van der Waals surface area contributed by atoms with Crippen molar-refractivity contribution in [3.63, 3.8) is 0 Å². The third-order valence-corrected chi connectivity index (χ3v) is 3.93. The summed E-state index contributed by atoms with van der Waals surface area (Å²) in [7, 11) is 0. The SMILES string of the molecule is CCc1ccc(NC(=O)/C(C#N)=C\c2c(Cl)cccc2Cl)cc1. The minimum absolute atomic E-state index is 0.0698. The molecule has 0 fully saturated rings. The number of carbonyl (C=O) groups is 1. The third kappa shape index (κ3) is 4.35. The predicted octanol–water partition coefficient (Wildman–Crippen LogP) is 5.10. The Hall–Kier alpha value is -2.28. The molecule has 1 amide bonds. The van der Waals surface area contributed by atoms with Crippen LogP contribution in [0.3, 0.4) is 0 Å². The first-order valence-corrected chi connectivity index (χ1v) is 7.77. The summed E-state index contributed by atoms with van der Waals surface area (Å²) in [5, 5.41) is 12.7. The predicted molar refractivity (Wildman–Crippen MR) is 94.5 cm³/mol. The lowest BCUT2D eigenvalue weighted by Crippen LogP contribution is -2.13. The topological polar surface area (TPSA) is 52.9 Å². The smallest absolute Gasteiger partial charge is 0.266 e. The van der Waals surface area contributed by atoms with Crippen molar-refractivity contribution in [3.8, 4) is 6.07 Å². The highest BCUT2D eigenvalue weighted by molar-refractivity contribution is 6.37. The molecule has 0 radical (unpaired) electrons. The maximum absolute atomic E-state index is 12.2. The molecule has 23 heavy (non-hydrogen) atoms. The molecule has 0 aliphatic rings. The number of hydrogen-bond acceptors (Lipinski definition) is 2. The molecule has 0 spiro atoms. The summed E-state index contributed by atoms with van der Waals surface area (Å²) in [6, 6.07) is 14.3. The first-order valence-electron chi connectivity index (χ1n) is 7.01. The zero-order chi connectivity index (χ0) is 16.8. The molecule has 0 saturated heterocycles. The number of anilines is 1. The molecule has 0 heterocycles. The molecule has 5 heteroatoms. The molecule has 1 N–H and O–H groups in total. The zero-order valence-electron chi connectivity index (χ0n) is 12.4. The van der Waals surface area contributed by atoms with Gasteiger partial charge in [-0.3, -0.25) is 4.79 Å². The second-order valence-electron chi connectivity index (χ2n) is 4.81. The van der Waals surface area contributed by atoms with Gasteiger partial charge in [0, 0.05) is 21.3 Å². The number of halogens is 2. The van der Waals surface area contributed by atoms with Gasteiger partial charge < -0.3 is 5.32 Å². The maximum atomic E-state index is 12.2. The van der Waals surface area contributed by atoms with Crippen molar-refractivity contribution in [3.05, 3.63) is 69.2 Å². The monoisotopic (exact) mass is 344 g/mol. The summed E-state index contributed by atoms with van der Waals surface area (Å²) >= 11 is 12.1. The Morgan fingerprint density at radius 1 is 1.17 bits per heavy atom. The van der Waals surface area contributed by atoms with E-state index in [1.807, 2.05) is 18.2 Å². The quantitative estimate of drug-likeness (QED) is 0.619. The van der Waals surface area contributed by atoms with Gasteiger partial charge in [-0.05, 0) is 42.3 Å². The second kappa shape index (κ2) is 7.82. The molecule has 0 aliphatic carbocycles. The van der Waals surface area contributed by atoms with Crippen molar-refractivity contribution in [2.24, 2.45) is 0 Å². The lowest BCUT2D eigenvalue weighted by atomic mass is 10.1. The Balaban J connectivity index is 2.24. The highest BCUT2D eigenvalue weighted by Crippen LogP contribution is 2.26. The average molecular weight is 345 g/mol. The van der Waals surface area contributed by atoms with Gasteiger partial charge in [0.05, 0.1) is 0 Å². The van der Waals surface area contributed by atoms with Crippen LogP contribution in [0.2, 0.25) is 10.0 Å². The summed E-state index contributed by atoms with van der Waals surface area (Å²) in [6.45, 7) is 2.05. The lowest BCUT2D eigenvalue weighted by molar-refractivity contribution is -0.112. The van der Waals surface area contributed by atoms with E-state index in [0.717, 1.165) is 6.42 Å². The number of amides is 1. The van der Waals surface area contributed by atoms with Gasteiger partial charge >= 0.3 is 0 Å². The second-order valence-corrected chi connectivity index (χ2v) is 5.62. The number of nitrogens with zero attached hydrogens (tertiary/aromatic N) is 1. The van der Waals surface area contributed by atoms with Gasteiger partial charge in [-0.15, -0.1) is 0 Å². The van der Waals surface area contributed by atoms with Crippen molar-refractivity contribution in [2.45, 2.75) is 13.3 Å². The molecule has 3 nitrogen and oxygen atoms in total. The van der Waals surface area contributed by atoms with Crippen molar-refractivity contribution in [1.82, 2.24) is 0 Å². The fourth-order valence-electron chi connectivity index (χ4n) is 1.96. The van der Waals surface area contributed by atoms with Crippen LogP contribution in [-0.4, -0.2) is 5.91 Å². The summed E-state index contributed by atoms with van der Waals surface area (Å²) in [6.07, 6.45) is 2.31. The minimum atomic E-state index is -0.507. The highest BCUT2D eigenvalue weighted by atomic mass is 35.5. The van der Waals surface area contributed by atoms with Gasteiger partial charge in [0.15, 0.2) is 0 Å².